The molecular weight excluding hydrogens is 306 g/mol. The molecular formula is C19H29NO4. The fourth-order valence-corrected chi connectivity index (χ4v) is 2.43. The van der Waals surface area contributed by atoms with E-state index in [2.05, 4.69) is 17.4 Å². The summed E-state index contributed by atoms with van der Waals surface area (Å²) in [4.78, 5) is 22.8. The van der Waals surface area contributed by atoms with Crippen molar-refractivity contribution in [3.05, 3.63) is 35.9 Å². The number of aryl methyl sites for hydroxylation is 1. The van der Waals surface area contributed by atoms with Crippen LogP contribution in [-0.2, 0) is 20.7 Å². The maximum atomic E-state index is 11.7. The molecule has 1 aliphatic rings. The van der Waals surface area contributed by atoms with Gasteiger partial charge in [0.1, 0.15) is 12.2 Å². The zero-order valence-corrected chi connectivity index (χ0v) is 15.1. The number of alkyl carbamates (subject to hydrolysis) is 1. The Morgan fingerprint density at radius 1 is 1.25 bits per heavy atom. The third-order valence-electron chi connectivity index (χ3n) is 3.78. The molecule has 1 aromatic carbocycles. The van der Waals surface area contributed by atoms with Crippen LogP contribution in [0.15, 0.2) is 30.3 Å². The number of carbonyl (C=O) groups excluding carboxylic acids is 2. The van der Waals surface area contributed by atoms with Crippen molar-refractivity contribution in [2.45, 2.75) is 71.6 Å². The minimum atomic E-state index is -0.571. The van der Waals surface area contributed by atoms with Crippen LogP contribution in [0.2, 0.25) is 0 Å². The number of ether oxygens (including phenoxy) is 2. The minimum absolute atomic E-state index is 0.165. The Morgan fingerprint density at radius 2 is 1.92 bits per heavy atom. The number of cyclic esters (lactones) is 1. The quantitative estimate of drug-likeness (QED) is 0.607. The Hall–Kier alpha value is -2.04. The summed E-state index contributed by atoms with van der Waals surface area (Å²) in [7, 11) is 0. The first-order valence-electron chi connectivity index (χ1n) is 8.78. The molecule has 3 unspecified atom stereocenters. The number of esters is 1. The van der Waals surface area contributed by atoms with E-state index in [1.54, 1.807) is 6.92 Å². The molecule has 1 aromatic rings. The Bertz CT molecular complexity index is 503. The summed E-state index contributed by atoms with van der Waals surface area (Å²) in [5.74, 6) is -0.403. The Kier molecular flexibility index (Phi) is 8.90. The summed E-state index contributed by atoms with van der Waals surface area (Å²) in [5, 5.41) is 2.53. The lowest BCUT2D eigenvalue weighted by Gasteiger charge is -2.32. The van der Waals surface area contributed by atoms with Crippen molar-refractivity contribution in [2.75, 3.05) is 0 Å². The first kappa shape index (κ1) is 20.0. The summed E-state index contributed by atoms with van der Waals surface area (Å²) in [5.41, 5.74) is 1.33. The number of hydrogen-bond donors (Lipinski definition) is 1. The summed E-state index contributed by atoms with van der Waals surface area (Å²) < 4.78 is 10.0. The predicted molar refractivity (Wildman–Crippen MR) is 93.8 cm³/mol. The van der Waals surface area contributed by atoms with E-state index in [0.29, 0.717) is 0 Å². The molecule has 1 fully saturated rings. The number of unbranched alkanes of at least 4 members (excludes halogenated alkanes) is 1. The second kappa shape index (κ2) is 10.7. The molecule has 24 heavy (non-hydrogen) atoms. The summed E-state index contributed by atoms with van der Waals surface area (Å²) in [6, 6.07) is 9.75. The van der Waals surface area contributed by atoms with Crippen LogP contribution in [0.5, 0.6) is 0 Å². The molecule has 1 aliphatic heterocycles. The average molecular weight is 335 g/mol. The lowest BCUT2D eigenvalue weighted by molar-refractivity contribution is -0.174. The summed E-state index contributed by atoms with van der Waals surface area (Å²) in [6.45, 7) is 7.60. The van der Waals surface area contributed by atoms with E-state index >= 15 is 0 Å². The first-order chi connectivity index (χ1) is 11.6. The van der Waals surface area contributed by atoms with E-state index in [4.69, 9.17) is 9.47 Å². The molecule has 5 nitrogen and oxygen atoms in total. The van der Waals surface area contributed by atoms with Crippen molar-refractivity contribution < 1.29 is 19.1 Å². The number of rotatable bonds is 7. The number of nitrogens with one attached hydrogen (secondary N) is 1. The third-order valence-corrected chi connectivity index (χ3v) is 3.78. The molecule has 134 valence electrons. The highest BCUT2D eigenvalue weighted by molar-refractivity contribution is 5.86. The second-order valence-electron chi connectivity index (χ2n) is 5.71. The smallest absolute Gasteiger partial charge is 0.408 e. The summed E-state index contributed by atoms with van der Waals surface area (Å²) in [6.07, 6.45) is 2.90. The molecule has 1 saturated heterocycles. The van der Waals surface area contributed by atoms with Gasteiger partial charge in [0.2, 0.25) is 0 Å². The van der Waals surface area contributed by atoms with Crippen LogP contribution in [-0.4, -0.2) is 30.3 Å². The van der Waals surface area contributed by atoms with Gasteiger partial charge in [-0.05, 0) is 45.1 Å². The Morgan fingerprint density at radius 3 is 2.50 bits per heavy atom. The first-order valence-corrected chi connectivity index (χ1v) is 8.78. The van der Waals surface area contributed by atoms with Crippen LogP contribution < -0.4 is 5.32 Å². The Labute approximate surface area is 144 Å². The van der Waals surface area contributed by atoms with E-state index < -0.39 is 18.1 Å². The van der Waals surface area contributed by atoms with E-state index in [-0.39, 0.29) is 12.2 Å². The van der Waals surface area contributed by atoms with Gasteiger partial charge in [-0.25, -0.2) is 9.59 Å². The molecule has 0 radical (unpaired) electrons. The molecule has 1 N–H and O–H groups in total. The van der Waals surface area contributed by atoms with E-state index in [1.165, 1.54) is 5.56 Å². The fraction of sp³-hybridized carbons (Fsp3) is 0.579. The lowest BCUT2D eigenvalue weighted by atomic mass is 10.1. The van der Waals surface area contributed by atoms with Gasteiger partial charge >= 0.3 is 12.1 Å². The number of benzene rings is 1. The van der Waals surface area contributed by atoms with Gasteiger partial charge in [-0.2, -0.15) is 0 Å². The van der Waals surface area contributed by atoms with Crippen LogP contribution in [0.25, 0.3) is 0 Å². The normalized spacial score (nSPS) is 19.9. The van der Waals surface area contributed by atoms with Crippen molar-refractivity contribution >= 4 is 12.1 Å². The van der Waals surface area contributed by atoms with Crippen LogP contribution in [0.4, 0.5) is 4.79 Å². The zero-order chi connectivity index (χ0) is 17.9. The predicted octanol–water partition coefficient (Wildman–Crippen LogP) is 3.85. The van der Waals surface area contributed by atoms with E-state index in [0.717, 1.165) is 25.7 Å². The summed E-state index contributed by atoms with van der Waals surface area (Å²) >= 11 is 0. The third kappa shape index (κ3) is 6.60. The van der Waals surface area contributed by atoms with Crippen molar-refractivity contribution in [2.24, 2.45) is 0 Å². The van der Waals surface area contributed by atoms with E-state index in [9.17, 15) is 9.59 Å². The number of carbonyl (C=O) groups is 2. The van der Waals surface area contributed by atoms with Gasteiger partial charge in [-0.1, -0.05) is 44.2 Å². The number of hydrogen-bond acceptors (Lipinski definition) is 4. The van der Waals surface area contributed by atoms with Gasteiger partial charge in [0.05, 0.1) is 0 Å². The molecule has 1 heterocycles. The van der Waals surface area contributed by atoms with Crippen LogP contribution in [0, 0.1) is 0 Å². The van der Waals surface area contributed by atoms with Crippen molar-refractivity contribution in [3.63, 3.8) is 0 Å². The SMILES string of the molecule is CC.CC(CCCCc1ccccc1)OC(=O)NC1C(=O)OC1C. The lowest BCUT2D eigenvalue weighted by Crippen LogP contribution is -2.58. The zero-order valence-electron chi connectivity index (χ0n) is 15.1. The van der Waals surface area contributed by atoms with Crippen molar-refractivity contribution in [1.29, 1.82) is 0 Å². The standard InChI is InChI=1S/C17H23NO4.C2H6/c1-12(8-6-7-11-14-9-4-3-5-10-14)21-17(20)18-15-13(2)22-16(15)19;1-2/h3-5,9-10,12-13,15H,6-8,11H2,1-2H3,(H,18,20);1-2H3. The maximum absolute atomic E-state index is 11.7. The minimum Gasteiger partial charge on any atom is -0.458 e. The fourth-order valence-electron chi connectivity index (χ4n) is 2.43. The molecule has 0 aliphatic carbocycles. The monoisotopic (exact) mass is 335 g/mol. The maximum Gasteiger partial charge on any atom is 0.408 e. The van der Waals surface area contributed by atoms with Gasteiger partial charge in [-0.15, -0.1) is 0 Å². The Balaban J connectivity index is 0.00000139. The van der Waals surface area contributed by atoms with Crippen LogP contribution in [0.1, 0.15) is 52.5 Å². The highest BCUT2D eigenvalue weighted by atomic mass is 16.6. The molecule has 5 heteroatoms. The van der Waals surface area contributed by atoms with Gasteiger partial charge in [0, 0.05) is 0 Å². The molecule has 0 saturated carbocycles. The van der Waals surface area contributed by atoms with Gasteiger partial charge in [0.25, 0.3) is 0 Å². The van der Waals surface area contributed by atoms with Gasteiger partial charge < -0.3 is 14.8 Å². The van der Waals surface area contributed by atoms with Crippen LogP contribution >= 0.6 is 0 Å². The molecule has 1 amide bonds. The van der Waals surface area contributed by atoms with Crippen LogP contribution in [0.3, 0.4) is 0 Å². The highest BCUT2D eigenvalue weighted by Gasteiger charge is 2.40. The molecule has 0 spiro atoms. The van der Waals surface area contributed by atoms with Crippen molar-refractivity contribution in [1.82, 2.24) is 5.32 Å². The molecule has 2 rings (SSSR count). The van der Waals surface area contributed by atoms with Gasteiger partial charge in [0.15, 0.2) is 6.04 Å². The molecule has 0 aromatic heterocycles. The highest BCUT2D eigenvalue weighted by Crippen LogP contribution is 2.14. The topological polar surface area (TPSA) is 64.6 Å². The molecule has 3 atom stereocenters. The molecule has 0 bridgehead atoms. The second-order valence-corrected chi connectivity index (χ2v) is 5.71. The van der Waals surface area contributed by atoms with Gasteiger partial charge in [-0.3, -0.25) is 0 Å². The largest absolute Gasteiger partial charge is 0.458 e. The number of amides is 1. The van der Waals surface area contributed by atoms with Crippen molar-refractivity contribution in [3.8, 4) is 0 Å². The average Bonchev–Trinajstić information content (AvgIpc) is 2.59. The van der Waals surface area contributed by atoms with E-state index in [1.807, 2.05) is 39.0 Å².